The molecule has 0 spiro atoms. The van der Waals surface area contributed by atoms with E-state index in [0.717, 1.165) is 25.8 Å². The van der Waals surface area contributed by atoms with Gasteiger partial charge in [0.15, 0.2) is 11.5 Å². The maximum absolute atomic E-state index is 12.9. The average molecular weight is 748 g/mol. The van der Waals surface area contributed by atoms with Crippen LogP contribution in [0.15, 0.2) is 64.0 Å². The highest BCUT2D eigenvalue weighted by Gasteiger charge is 2.36. The van der Waals surface area contributed by atoms with Crippen molar-refractivity contribution in [2.45, 2.75) is 6.61 Å². The molecule has 0 bridgehead atoms. The number of benzene rings is 3. The molecule has 1 heterocycles. The van der Waals surface area contributed by atoms with Gasteiger partial charge in [-0.15, -0.1) is 0 Å². The predicted octanol–water partition coefficient (Wildman–Crippen LogP) is 7.62. The van der Waals surface area contributed by atoms with Gasteiger partial charge in [0.2, 0.25) is 5.91 Å². The normalized spacial score (nSPS) is 14.2. The van der Waals surface area contributed by atoms with Gasteiger partial charge in [-0.05, 0) is 110 Å². The van der Waals surface area contributed by atoms with Crippen molar-refractivity contribution in [1.82, 2.24) is 4.90 Å². The van der Waals surface area contributed by atoms with Gasteiger partial charge in [-0.3, -0.25) is 19.3 Å². The molecule has 0 atom stereocenters. The van der Waals surface area contributed by atoms with E-state index >= 15 is 0 Å². The number of methoxy groups -OCH3 is 1. The highest BCUT2D eigenvalue weighted by Crippen LogP contribution is 2.37. The lowest BCUT2D eigenvalue weighted by molar-refractivity contribution is -0.127. The second-order valence-electron chi connectivity index (χ2n) is 7.89. The van der Waals surface area contributed by atoms with Crippen LogP contribution in [0.5, 0.6) is 11.5 Å². The number of anilines is 1. The van der Waals surface area contributed by atoms with E-state index in [1.54, 1.807) is 42.5 Å². The molecule has 0 unspecified atom stereocenters. The Morgan fingerprint density at radius 2 is 1.87 bits per heavy atom. The number of ether oxygens (including phenoxy) is 2. The molecule has 0 saturated carbocycles. The summed E-state index contributed by atoms with van der Waals surface area (Å²) in [5, 5.41) is 3.17. The van der Waals surface area contributed by atoms with Gasteiger partial charge in [-0.25, -0.2) is 0 Å². The summed E-state index contributed by atoms with van der Waals surface area (Å²) in [6.45, 7) is -0.107. The highest BCUT2D eigenvalue weighted by atomic mass is 127. The van der Waals surface area contributed by atoms with Crippen molar-refractivity contribution in [2.75, 3.05) is 19.0 Å². The molecular weight excluding hydrogens is 730 g/mol. The van der Waals surface area contributed by atoms with E-state index in [-0.39, 0.29) is 4.91 Å². The number of hydrogen-bond acceptors (Lipinski definition) is 6. The van der Waals surface area contributed by atoms with Crippen LogP contribution in [0.4, 0.5) is 10.5 Å². The summed E-state index contributed by atoms with van der Waals surface area (Å²) in [5.74, 6) is -0.0479. The Bertz CT molecular complexity index is 1450. The first-order valence-corrected chi connectivity index (χ1v) is 14.3. The maximum atomic E-state index is 12.9. The first-order valence-electron chi connectivity index (χ1n) is 10.9. The smallest absolute Gasteiger partial charge is 0.294 e. The summed E-state index contributed by atoms with van der Waals surface area (Å²) in [4.78, 5) is 39.0. The molecule has 12 heteroatoms. The Kier molecular flexibility index (Phi) is 9.64. The number of nitrogens with zero attached hydrogens (tertiary/aromatic N) is 1. The quantitative estimate of drug-likeness (QED) is 0.189. The Hall–Kier alpha value is -2.25. The van der Waals surface area contributed by atoms with E-state index in [0.29, 0.717) is 43.9 Å². The van der Waals surface area contributed by atoms with E-state index in [9.17, 15) is 14.4 Å². The molecule has 38 heavy (non-hydrogen) atoms. The highest BCUT2D eigenvalue weighted by molar-refractivity contribution is 14.1. The molecule has 1 fully saturated rings. The third-order valence-electron chi connectivity index (χ3n) is 5.22. The van der Waals surface area contributed by atoms with E-state index in [1.807, 2.05) is 18.2 Å². The Morgan fingerprint density at radius 3 is 2.55 bits per heavy atom. The Balaban J connectivity index is 1.46. The number of nitrogens with one attached hydrogen (secondary N) is 1. The van der Waals surface area contributed by atoms with Crippen LogP contribution in [0, 0.1) is 3.57 Å². The van der Waals surface area contributed by atoms with Crippen LogP contribution >= 0.6 is 73.5 Å². The fraction of sp³-hybridized carbons (Fsp3) is 0.115. The van der Waals surface area contributed by atoms with Crippen molar-refractivity contribution in [2.24, 2.45) is 0 Å². The van der Waals surface area contributed by atoms with E-state index in [4.69, 9.17) is 32.7 Å². The first-order chi connectivity index (χ1) is 18.1. The molecule has 0 radical (unpaired) electrons. The lowest BCUT2D eigenvalue weighted by Crippen LogP contribution is -2.36. The molecule has 1 aliphatic heterocycles. The molecule has 1 aliphatic rings. The molecule has 1 saturated heterocycles. The van der Waals surface area contributed by atoms with E-state index in [2.05, 4.69) is 43.8 Å². The summed E-state index contributed by atoms with van der Waals surface area (Å²) in [6.07, 6.45) is 1.59. The number of carbonyl (C=O) groups excluding carboxylic acids is 3. The number of imide groups is 1. The fourth-order valence-corrected chi connectivity index (χ4v) is 5.58. The number of rotatable bonds is 8. The second kappa shape index (κ2) is 12.7. The largest absolute Gasteiger partial charge is 0.493 e. The van der Waals surface area contributed by atoms with Crippen molar-refractivity contribution in [3.05, 3.63) is 88.7 Å². The number of amides is 3. The minimum Gasteiger partial charge on any atom is -0.493 e. The number of halogens is 4. The predicted molar refractivity (Wildman–Crippen MR) is 162 cm³/mol. The van der Waals surface area contributed by atoms with Crippen molar-refractivity contribution in [1.29, 1.82) is 0 Å². The van der Waals surface area contributed by atoms with Gasteiger partial charge in [-0.1, -0.05) is 35.3 Å². The molecule has 3 aromatic rings. The molecule has 196 valence electrons. The monoisotopic (exact) mass is 746 g/mol. The maximum Gasteiger partial charge on any atom is 0.294 e. The zero-order valence-electron chi connectivity index (χ0n) is 19.6. The van der Waals surface area contributed by atoms with Crippen LogP contribution < -0.4 is 14.8 Å². The number of thioether (sulfide) groups is 1. The Labute approximate surface area is 255 Å². The molecule has 4 rings (SSSR count). The van der Waals surface area contributed by atoms with Crippen LogP contribution in [-0.4, -0.2) is 35.6 Å². The third kappa shape index (κ3) is 7.03. The summed E-state index contributed by atoms with van der Waals surface area (Å²) >= 11 is 18.2. The van der Waals surface area contributed by atoms with Crippen molar-refractivity contribution >= 4 is 102 Å². The minimum atomic E-state index is -0.555. The summed E-state index contributed by atoms with van der Waals surface area (Å²) in [7, 11) is 1.52. The average Bonchev–Trinajstić information content (AvgIpc) is 3.13. The zero-order valence-corrected chi connectivity index (χ0v) is 25.7. The van der Waals surface area contributed by atoms with E-state index < -0.39 is 23.6 Å². The van der Waals surface area contributed by atoms with Gasteiger partial charge in [0.1, 0.15) is 13.2 Å². The van der Waals surface area contributed by atoms with Gasteiger partial charge in [0, 0.05) is 15.2 Å². The minimum absolute atomic E-state index is 0.196. The molecule has 7 nitrogen and oxygen atoms in total. The molecular formula is C26H18BrCl2IN2O5S. The summed E-state index contributed by atoms with van der Waals surface area (Å²) in [5.41, 5.74) is 2.03. The number of hydrogen-bond donors (Lipinski definition) is 1. The van der Waals surface area contributed by atoms with Gasteiger partial charge in [-0.2, -0.15) is 0 Å². The van der Waals surface area contributed by atoms with Crippen molar-refractivity contribution < 1.29 is 23.9 Å². The molecule has 0 aromatic heterocycles. The van der Waals surface area contributed by atoms with E-state index in [1.165, 1.54) is 7.11 Å². The van der Waals surface area contributed by atoms with Crippen LogP contribution in [0.25, 0.3) is 6.08 Å². The molecule has 3 amide bonds. The SMILES string of the molecule is COc1cc(/C=C2/SC(=O)N(CC(=O)Nc3ccc(Br)c(Cl)c3)C2=O)cc(I)c1OCc1ccc(Cl)cc1. The third-order valence-corrected chi connectivity index (χ3v) is 8.42. The van der Waals surface area contributed by atoms with Gasteiger partial charge in [0.25, 0.3) is 11.1 Å². The Morgan fingerprint density at radius 1 is 1.13 bits per heavy atom. The van der Waals surface area contributed by atoms with Crippen LogP contribution in [0.3, 0.4) is 0 Å². The second-order valence-corrected chi connectivity index (χ2v) is 11.7. The lowest BCUT2D eigenvalue weighted by Gasteiger charge is -2.14. The van der Waals surface area contributed by atoms with Crippen LogP contribution in [0.2, 0.25) is 10.0 Å². The van der Waals surface area contributed by atoms with Gasteiger partial charge < -0.3 is 14.8 Å². The fourth-order valence-electron chi connectivity index (χ4n) is 3.40. The lowest BCUT2D eigenvalue weighted by atomic mass is 10.1. The van der Waals surface area contributed by atoms with Crippen molar-refractivity contribution in [3.8, 4) is 11.5 Å². The zero-order chi connectivity index (χ0) is 27.4. The summed E-state index contributed by atoms with van der Waals surface area (Å²) < 4.78 is 12.9. The standard InChI is InChI=1S/C26H18BrCl2IN2O5S/c1-36-21-9-15(8-20(30)24(21)37-13-14-2-4-16(28)5-3-14)10-22-25(34)32(26(35)38-22)12-23(33)31-17-6-7-18(27)19(29)11-17/h2-11H,12-13H2,1H3,(H,31,33)/b22-10+. The van der Waals surface area contributed by atoms with Gasteiger partial charge in [0.05, 0.1) is 20.6 Å². The topological polar surface area (TPSA) is 84.9 Å². The summed E-state index contributed by atoms with van der Waals surface area (Å²) in [6, 6.07) is 15.8. The number of carbonyl (C=O) groups is 3. The molecule has 3 aromatic carbocycles. The first kappa shape index (κ1) is 28.8. The molecule has 0 aliphatic carbocycles. The van der Waals surface area contributed by atoms with Crippen molar-refractivity contribution in [3.63, 3.8) is 0 Å². The van der Waals surface area contributed by atoms with Gasteiger partial charge >= 0.3 is 0 Å². The van der Waals surface area contributed by atoms with Crippen LogP contribution in [0.1, 0.15) is 11.1 Å². The van der Waals surface area contributed by atoms with Crippen LogP contribution in [-0.2, 0) is 16.2 Å². The molecule has 1 N–H and O–H groups in total.